The van der Waals surface area contributed by atoms with E-state index in [9.17, 15) is 4.79 Å². The fraction of sp³-hybridized carbons (Fsp3) is 0.167. The molecule has 2 rings (SSSR count). The summed E-state index contributed by atoms with van der Waals surface area (Å²) in [4.78, 5) is 12.2. The molecule has 19 heavy (non-hydrogen) atoms. The normalized spacial score (nSPS) is 16.7. The Balaban J connectivity index is 2.42. The molecule has 4 nitrogen and oxygen atoms in total. The molecule has 1 saturated heterocycles. The smallest absolute Gasteiger partial charge is 0.263 e. The molecule has 1 aromatic rings. The number of hydrogen-bond acceptors (Lipinski definition) is 5. The van der Waals surface area contributed by atoms with Crippen LogP contribution in [0.1, 0.15) is 5.56 Å². The van der Waals surface area contributed by atoms with E-state index >= 15 is 0 Å². The van der Waals surface area contributed by atoms with E-state index in [1.54, 1.807) is 26.4 Å². The van der Waals surface area contributed by atoms with Gasteiger partial charge in [0.05, 0.1) is 23.6 Å². The average molecular weight is 360 g/mol. The number of amides is 1. The van der Waals surface area contributed by atoms with Crippen molar-refractivity contribution in [2.45, 2.75) is 0 Å². The van der Waals surface area contributed by atoms with Crippen LogP contribution in [0, 0.1) is 0 Å². The highest BCUT2D eigenvalue weighted by atomic mass is 79.9. The summed E-state index contributed by atoms with van der Waals surface area (Å²) < 4.78 is 11.7. The fourth-order valence-corrected chi connectivity index (χ4v) is 3.26. The molecule has 1 aromatic carbocycles. The highest BCUT2D eigenvalue weighted by Crippen LogP contribution is 2.37. The van der Waals surface area contributed by atoms with Gasteiger partial charge in [-0.1, -0.05) is 24.0 Å². The number of hydrogen-bond donors (Lipinski definition) is 1. The van der Waals surface area contributed by atoms with Gasteiger partial charge in [-0.2, -0.15) is 0 Å². The first-order chi connectivity index (χ1) is 9.05. The Morgan fingerprint density at radius 2 is 2.11 bits per heavy atom. The number of rotatable bonds is 3. The topological polar surface area (TPSA) is 47.6 Å². The van der Waals surface area contributed by atoms with Crippen LogP contribution in [-0.2, 0) is 4.79 Å². The highest BCUT2D eigenvalue weighted by Gasteiger charge is 2.22. The molecule has 0 bridgehead atoms. The summed E-state index contributed by atoms with van der Waals surface area (Å²) in [6.45, 7) is 0. The Morgan fingerprint density at radius 3 is 2.63 bits per heavy atom. The van der Waals surface area contributed by atoms with Crippen molar-refractivity contribution in [2.24, 2.45) is 0 Å². The molecule has 1 aliphatic heterocycles. The van der Waals surface area contributed by atoms with E-state index in [-0.39, 0.29) is 5.91 Å². The number of methoxy groups -OCH3 is 2. The van der Waals surface area contributed by atoms with E-state index < -0.39 is 0 Å². The molecule has 1 N–H and O–H groups in total. The average Bonchev–Trinajstić information content (AvgIpc) is 2.67. The zero-order valence-electron chi connectivity index (χ0n) is 10.2. The lowest BCUT2D eigenvalue weighted by Crippen LogP contribution is -2.17. The molecule has 0 unspecified atom stereocenters. The van der Waals surface area contributed by atoms with Gasteiger partial charge in [0.15, 0.2) is 11.5 Å². The lowest BCUT2D eigenvalue weighted by atomic mass is 10.2. The predicted octanol–water partition coefficient (Wildman–Crippen LogP) is 2.96. The number of thioether (sulfide) groups is 1. The molecule has 1 fully saturated rings. The molecular formula is C12H10BrNO3S2. The first-order valence-electron chi connectivity index (χ1n) is 5.21. The second-order valence-corrected chi connectivity index (χ2v) is 6.16. The van der Waals surface area contributed by atoms with Crippen molar-refractivity contribution in [3.8, 4) is 11.5 Å². The molecule has 0 spiro atoms. The van der Waals surface area contributed by atoms with Crippen molar-refractivity contribution < 1.29 is 14.3 Å². The minimum atomic E-state index is -0.180. The monoisotopic (exact) mass is 359 g/mol. The van der Waals surface area contributed by atoms with E-state index in [0.29, 0.717) is 20.7 Å². The third-order valence-electron chi connectivity index (χ3n) is 2.40. The van der Waals surface area contributed by atoms with Crippen molar-refractivity contribution >= 4 is 56.2 Å². The van der Waals surface area contributed by atoms with Gasteiger partial charge in [-0.15, -0.1) is 0 Å². The summed E-state index contributed by atoms with van der Waals surface area (Å²) in [5.41, 5.74) is 0.826. The minimum absolute atomic E-state index is 0.180. The van der Waals surface area contributed by atoms with Gasteiger partial charge in [0.1, 0.15) is 4.32 Å². The molecule has 0 atom stereocenters. The number of carbonyl (C=O) groups excluding carboxylic acids is 1. The maximum atomic E-state index is 11.6. The van der Waals surface area contributed by atoms with E-state index in [2.05, 4.69) is 21.2 Å². The van der Waals surface area contributed by atoms with Crippen molar-refractivity contribution in [3.05, 3.63) is 27.1 Å². The van der Waals surface area contributed by atoms with Crippen LogP contribution in [0.2, 0.25) is 0 Å². The third kappa shape index (κ3) is 3.10. The highest BCUT2D eigenvalue weighted by molar-refractivity contribution is 9.10. The van der Waals surface area contributed by atoms with Gasteiger partial charge in [0.2, 0.25) is 0 Å². The molecule has 1 aliphatic rings. The van der Waals surface area contributed by atoms with Crippen LogP contribution in [0.25, 0.3) is 6.08 Å². The Labute approximate surface area is 128 Å². The second kappa shape index (κ2) is 5.94. The molecule has 0 radical (unpaired) electrons. The largest absolute Gasteiger partial charge is 0.493 e. The molecule has 0 aliphatic carbocycles. The van der Waals surface area contributed by atoms with Crippen LogP contribution in [0.3, 0.4) is 0 Å². The van der Waals surface area contributed by atoms with Gasteiger partial charge in [-0.05, 0) is 39.7 Å². The summed E-state index contributed by atoms with van der Waals surface area (Å²) in [5, 5.41) is 2.57. The Hall–Kier alpha value is -1.05. The quantitative estimate of drug-likeness (QED) is 0.664. The fourth-order valence-electron chi connectivity index (χ4n) is 1.59. The zero-order chi connectivity index (χ0) is 14.0. The SMILES string of the molecule is COc1cc(C=C2SC(=S)NC2=O)cc(Br)c1OC. The lowest BCUT2D eigenvalue weighted by Gasteiger charge is -2.10. The van der Waals surface area contributed by atoms with Crippen LogP contribution in [0.5, 0.6) is 11.5 Å². The predicted molar refractivity (Wildman–Crippen MR) is 83.6 cm³/mol. The summed E-state index contributed by atoms with van der Waals surface area (Å²) in [7, 11) is 3.13. The molecule has 7 heteroatoms. The van der Waals surface area contributed by atoms with E-state index in [1.807, 2.05) is 6.07 Å². The number of ether oxygens (including phenoxy) is 2. The molecule has 0 aromatic heterocycles. The standard InChI is InChI=1S/C12H10BrNO3S2/c1-16-8-4-6(3-7(13)10(8)17-2)5-9-11(15)14-12(18)19-9/h3-5H,1-2H3,(H,14,15,18). The van der Waals surface area contributed by atoms with Crippen LogP contribution < -0.4 is 14.8 Å². The van der Waals surface area contributed by atoms with Gasteiger partial charge in [-0.3, -0.25) is 4.79 Å². The number of benzene rings is 1. The molecule has 1 heterocycles. The maximum absolute atomic E-state index is 11.6. The van der Waals surface area contributed by atoms with Crippen molar-refractivity contribution in [1.29, 1.82) is 0 Å². The van der Waals surface area contributed by atoms with Gasteiger partial charge in [0.25, 0.3) is 5.91 Å². The summed E-state index contributed by atoms with van der Waals surface area (Å²) in [5.74, 6) is 1.03. The van der Waals surface area contributed by atoms with Crippen molar-refractivity contribution in [3.63, 3.8) is 0 Å². The number of nitrogens with one attached hydrogen (secondary N) is 1. The Kier molecular flexibility index (Phi) is 4.49. The lowest BCUT2D eigenvalue weighted by molar-refractivity contribution is -0.115. The van der Waals surface area contributed by atoms with E-state index in [0.717, 1.165) is 10.0 Å². The Morgan fingerprint density at radius 1 is 1.37 bits per heavy atom. The maximum Gasteiger partial charge on any atom is 0.263 e. The van der Waals surface area contributed by atoms with Crippen LogP contribution >= 0.6 is 39.9 Å². The summed E-state index contributed by atoms with van der Waals surface area (Å²) in [6, 6.07) is 3.65. The van der Waals surface area contributed by atoms with Crippen LogP contribution in [-0.4, -0.2) is 24.4 Å². The molecule has 0 saturated carbocycles. The molecule has 100 valence electrons. The van der Waals surface area contributed by atoms with Gasteiger partial charge in [0, 0.05) is 0 Å². The van der Waals surface area contributed by atoms with Crippen LogP contribution in [0.4, 0.5) is 0 Å². The van der Waals surface area contributed by atoms with Gasteiger partial charge in [-0.25, -0.2) is 0 Å². The van der Waals surface area contributed by atoms with Crippen molar-refractivity contribution in [1.82, 2.24) is 5.32 Å². The first kappa shape index (κ1) is 14.4. The minimum Gasteiger partial charge on any atom is -0.493 e. The van der Waals surface area contributed by atoms with Crippen LogP contribution in [0.15, 0.2) is 21.5 Å². The molecule has 1 amide bonds. The van der Waals surface area contributed by atoms with Crippen molar-refractivity contribution in [2.75, 3.05) is 14.2 Å². The van der Waals surface area contributed by atoms with Gasteiger partial charge >= 0.3 is 0 Å². The van der Waals surface area contributed by atoms with E-state index in [4.69, 9.17) is 21.7 Å². The zero-order valence-corrected chi connectivity index (χ0v) is 13.4. The number of carbonyl (C=O) groups is 1. The van der Waals surface area contributed by atoms with Gasteiger partial charge < -0.3 is 14.8 Å². The first-order valence-corrected chi connectivity index (χ1v) is 7.23. The summed E-state index contributed by atoms with van der Waals surface area (Å²) in [6.07, 6.45) is 1.76. The number of thiocarbonyl (C=S) groups is 1. The molecular weight excluding hydrogens is 350 g/mol. The summed E-state index contributed by atoms with van der Waals surface area (Å²) >= 11 is 9.59. The third-order valence-corrected chi connectivity index (χ3v) is 4.15. The Bertz CT molecular complexity index is 587. The second-order valence-electron chi connectivity index (χ2n) is 3.59. The number of halogens is 1. The van der Waals surface area contributed by atoms with E-state index in [1.165, 1.54) is 11.8 Å².